The number of likely N-dealkylation sites (tertiary alicyclic amines) is 1. The molecule has 2 rings (SSSR count). The second kappa shape index (κ2) is 7.15. The Labute approximate surface area is 121 Å². The maximum atomic E-state index is 5.92. The van der Waals surface area contributed by atoms with Crippen LogP contribution in [-0.2, 0) is 17.8 Å². The number of ether oxygens (including phenoxy) is 1. The van der Waals surface area contributed by atoms with E-state index in [1.807, 2.05) is 4.68 Å². The molecule has 2 atom stereocenters. The van der Waals surface area contributed by atoms with E-state index in [1.54, 1.807) is 13.4 Å². The molecule has 6 heteroatoms. The highest BCUT2D eigenvalue weighted by atomic mass is 16.5. The number of aromatic nitrogens is 3. The summed E-state index contributed by atoms with van der Waals surface area (Å²) in [6.45, 7) is 7.80. The minimum absolute atomic E-state index is 0.341. The van der Waals surface area contributed by atoms with Crippen LogP contribution in [0.5, 0.6) is 0 Å². The summed E-state index contributed by atoms with van der Waals surface area (Å²) >= 11 is 0. The van der Waals surface area contributed by atoms with E-state index >= 15 is 0 Å². The van der Waals surface area contributed by atoms with E-state index in [1.165, 1.54) is 0 Å². The lowest BCUT2D eigenvalue weighted by Crippen LogP contribution is -2.48. The zero-order valence-electron chi connectivity index (χ0n) is 12.8. The average molecular weight is 281 g/mol. The van der Waals surface area contributed by atoms with Crippen LogP contribution >= 0.6 is 0 Å². The van der Waals surface area contributed by atoms with E-state index < -0.39 is 0 Å². The van der Waals surface area contributed by atoms with Gasteiger partial charge in [-0.1, -0.05) is 13.8 Å². The van der Waals surface area contributed by atoms with Crippen molar-refractivity contribution in [2.75, 3.05) is 20.2 Å². The molecule has 2 unspecified atom stereocenters. The minimum Gasteiger partial charge on any atom is -0.381 e. The zero-order valence-corrected chi connectivity index (χ0v) is 12.8. The lowest BCUT2D eigenvalue weighted by atomic mass is 9.99. The quantitative estimate of drug-likeness (QED) is 0.838. The van der Waals surface area contributed by atoms with Gasteiger partial charge >= 0.3 is 0 Å². The Hall–Kier alpha value is -0.980. The number of nitrogens with zero attached hydrogens (tertiary/aromatic N) is 4. The Bertz CT molecular complexity index is 406. The van der Waals surface area contributed by atoms with Crippen molar-refractivity contribution in [2.24, 2.45) is 11.7 Å². The van der Waals surface area contributed by atoms with E-state index in [0.717, 1.165) is 38.3 Å². The summed E-state index contributed by atoms with van der Waals surface area (Å²) in [7, 11) is 1.78. The summed E-state index contributed by atoms with van der Waals surface area (Å²) in [5.74, 6) is 1.60. The third-order valence-corrected chi connectivity index (χ3v) is 3.97. The molecule has 1 aromatic heterocycles. The van der Waals surface area contributed by atoms with Gasteiger partial charge in [0.1, 0.15) is 12.2 Å². The molecule has 0 aromatic carbocycles. The third kappa shape index (κ3) is 3.77. The van der Waals surface area contributed by atoms with Crippen LogP contribution in [-0.4, -0.2) is 52.0 Å². The Morgan fingerprint density at radius 1 is 1.50 bits per heavy atom. The largest absolute Gasteiger partial charge is 0.381 e. The van der Waals surface area contributed by atoms with Crippen molar-refractivity contribution in [1.29, 1.82) is 0 Å². The standard InChI is InChI=1S/C14H27N5O/c1-11(2)8-19-14(16-10-17-19)9-18-5-4-13(20-3)6-12(18)7-15/h10-13H,4-9,15H2,1-3H3. The van der Waals surface area contributed by atoms with Crippen LogP contribution in [0.15, 0.2) is 6.33 Å². The molecule has 1 aromatic rings. The van der Waals surface area contributed by atoms with Gasteiger partial charge in [0, 0.05) is 32.8 Å². The Balaban J connectivity index is 2.00. The summed E-state index contributed by atoms with van der Waals surface area (Å²) in [6.07, 6.45) is 4.06. The van der Waals surface area contributed by atoms with Crippen molar-refractivity contribution in [2.45, 2.75) is 51.9 Å². The van der Waals surface area contributed by atoms with Crippen molar-refractivity contribution in [3.63, 3.8) is 0 Å². The number of hydrogen-bond donors (Lipinski definition) is 1. The van der Waals surface area contributed by atoms with Gasteiger partial charge in [0.15, 0.2) is 0 Å². The van der Waals surface area contributed by atoms with Crippen molar-refractivity contribution >= 4 is 0 Å². The number of piperidine rings is 1. The fourth-order valence-corrected chi connectivity index (χ4v) is 2.82. The van der Waals surface area contributed by atoms with Gasteiger partial charge in [-0.3, -0.25) is 4.90 Å². The second-order valence-corrected chi connectivity index (χ2v) is 5.99. The first-order valence-corrected chi connectivity index (χ1v) is 7.47. The van der Waals surface area contributed by atoms with Crippen molar-refractivity contribution < 1.29 is 4.74 Å². The lowest BCUT2D eigenvalue weighted by molar-refractivity contribution is 0.00878. The smallest absolute Gasteiger partial charge is 0.141 e. The highest BCUT2D eigenvalue weighted by Gasteiger charge is 2.28. The first kappa shape index (κ1) is 15.4. The van der Waals surface area contributed by atoms with Crippen LogP contribution in [0.2, 0.25) is 0 Å². The van der Waals surface area contributed by atoms with Crippen LogP contribution in [0.1, 0.15) is 32.5 Å². The van der Waals surface area contributed by atoms with Crippen LogP contribution in [0.4, 0.5) is 0 Å². The maximum Gasteiger partial charge on any atom is 0.141 e. The molecular weight excluding hydrogens is 254 g/mol. The Morgan fingerprint density at radius 3 is 2.95 bits per heavy atom. The normalized spacial score (nSPS) is 24.4. The van der Waals surface area contributed by atoms with Crippen molar-refractivity contribution in [3.05, 3.63) is 12.2 Å². The number of hydrogen-bond acceptors (Lipinski definition) is 5. The average Bonchev–Trinajstić information content (AvgIpc) is 2.85. The highest BCUT2D eigenvalue weighted by molar-refractivity contribution is 4.90. The zero-order chi connectivity index (χ0) is 14.5. The van der Waals surface area contributed by atoms with Gasteiger partial charge in [-0.15, -0.1) is 0 Å². The van der Waals surface area contributed by atoms with Crippen molar-refractivity contribution in [3.8, 4) is 0 Å². The van der Waals surface area contributed by atoms with Crippen LogP contribution in [0.3, 0.4) is 0 Å². The summed E-state index contributed by atoms with van der Waals surface area (Å²) < 4.78 is 7.48. The molecule has 1 fully saturated rings. The van der Waals surface area contributed by atoms with E-state index in [9.17, 15) is 0 Å². The predicted octanol–water partition coefficient (Wildman–Crippen LogP) is 0.872. The molecule has 1 saturated heterocycles. The highest BCUT2D eigenvalue weighted by Crippen LogP contribution is 2.20. The number of rotatable bonds is 6. The van der Waals surface area contributed by atoms with Gasteiger partial charge in [0.05, 0.1) is 12.6 Å². The first-order chi connectivity index (χ1) is 9.63. The maximum absolute atomic E-state index is 5.92. The van der Waals surface area contributed by atoms with Gasteiger partial charge in [0.25, 0.3) is 0 Å². The van der Waals surface area contributed by atoms with Gasteiger partial charge in [-0.05, 0) is 18.8 Å². The predicted molar refractivity (Wildman–Crippen MR) is 78.1 cm³/mol. The molecule has 0 spiro atoms. The summed E-state index contributed by atoms with van der Waals surface area (Å²) in [4.78, 5) is 6.82. The van der Waals surface area contributed by atoms with Gasteiger partial charge in [-0.25, -0.2) is 9.67 Å². The molecule has 20 heavy (non-hydrogen) atoms. The first-order valence-electron chi connectivity index (χ1n) is 7.47. The molecule has 0 aliphatic carbocycles. The van der Waals surface area contributed by atoms with Crippen LogP contribution in [0, 0.1) is 5.92 Å². The molecule has 114 valence electrons. The van der Waals surface area contributed by atoms with Gasteiger partial charge < -0.3 is 10.5 Å². The summed E-state index contributed by atoms with van der Waals surface area (Å²) in [6, 6.07) is 0.373. The van der Waals surface area contributed by atoms with E-state index in [4.69, 9.17) is 10.5 Å². The molecular formula is C14H27N5O. The van der Waals surface area contributed by atoms with Crippen molar-refractivity contribution in [1.82, 2.24) is 19.7 Å². The fourth-order valence-electron chi connectivity index (χ4n) is 2.82. The number of nitrogens with two attached hydrogens (primary N) is 1. The fraction of sp³-hybridized carbons (Fsp3) is 0.857. The van der Waals surface area contributed by atoms with E-state index in [0.29, 0.717) is 24.6 Å². The molecule has 2 heterocycles. The lowest BCUT2D eigenvalue weighted by Gasteiger charge is -2.38. The van der Waals surface area contributed by atoms with Crippen LogP contribution < -0.4 is 5.73 Å². The van der Waals surface area contributed by atoms with Gasteiger partial charge in [-0.2, -0.15) is 5.10 Å². The Kier molecular flexibility index (Phi) is 5.51. The molecule has 0 bridgehead atoms. The van der Waals surface area contributed by atoms with Crippen LogP contribution in [0.25, 0.3) is 0 Å². The Morgan fingerprint density at radius 2 is 2.30 bits per heavy atom. The molecule has 0 amide bonds. The molecule has 1 aliphatic heterocycles. The summed E-state index contributed by atoms with van der Waals surface area (Å²) in [5, 5.41) is 4.33. The van der Waals surface area contributed by atoms with Gasteiger partial charge in [0.2, 0.25) is 0 Å². The molecule has 0 saturated carbocycles. The van der Waals surface area contributed by atoms with E-state index in [2.05, 4.69) is 28.8 Å². The minimum atomic E-state index is 0.341. The molecule has 1 aliphatic rings. The monoisotopic (exact) mass is 281 g/mol. The summed E-state index contributed by atoms with van der Waals surface area (Å²) in [5.41, 5.74) is 5.92. The third-order valence-electron chi connectivity index (χ3n) is 3.97. The second-order valence-electron chi connectivity index (χ2n) is 5.99. The molecule has 6 nitrogen and oxygen atoms in total. The SMILES string of the molecule is COC1CCN(Cc2ncnn2CC(C)C)C(CN)C1. The molecule has 2 N–H and O–H groups in total. The number of methoxy groups -OCH3 is 1. The molecule has 0 radical (unpaired) electrons. The topological polar surface area (TPSA) is 69.2 Å². The van der Waals surface area contributed by atoms with E-state index in [-0.39, 0.29) is 0 Å².